The summed E-state index contributed by atoms with van der Waals surface area (Å²) in [6, 6.07) is 1.13. The summed E-state index contributed by atoms with van der Waals surface area (Å²) in [6.07, 6.45) is 4.01. The molecule has 1 fully saturated rings. The second-order valence-electron chi connectivity index (χ2n) is 4.91. The van der Waals surface area contributed by atoms with Crippen LogP contribution >= 0.6 is 11.3 Å². The van der Waals surface area contributed by atoms with Crippen molar-refractivity contribution in [2.45, 2.75) is 45.2 Å². The number of aryl methyl sites for hydroxylation is 1. The standard InChI is InChI=1S/C13H23N3S/c1-10(13-9-17-11(2)15-13)16-7-5-4-6-12(16)8-14-3/h9-10,12,14H,4-8H2,1-3H3. The average Bonchev–Trinajstić information content (AvgIpc) is 2.76. The van der Waals surface area contributed by atoms with E-state index in [-0.39, 0.29) is 0 Å². The Labute approximate surface area is 108 Å². The van der Waals surface area contributed by atoms with E-state index in [0.717, 1.165) is 6.54 Å². The zero-order valence-corrected chi connectivity index (χ0v) is 11.9. The predicted molar refractivity (Wildman–Crippen MR) is 73.5 cm³/mol. The molecule has 0 spiro atoms. The number of hydrogen-bond donors (Lipinski definition) is 1. The van der Waals surface area contributed by atoms with Crippen LogP contribution in [0.25, 0.3) is 0 Å². The van der Waals surface area contributed by atoms with Crippen LogP contribution in [-0.4, -0.2) is 36.1 Å². The molecule has 96 valence electrons. The first kappa shape index (κ1) is 13.0. The van der Waals surface area contributed by atoms with E-state index in [1.165, 1.54) is 36.5 Å². The predicted octanol–water partition coefficient (Wildman–Crippen LogP) is 2.59. The molecule has 1 N–H and O–H groups in total. The van der Waals surface area contributed by atoms with E-state index in [1.54, 1.807) is 11.3 Å². The number of aromatic nitrogens is 1. The Balaban J connectivity index is 2.07. The van der Waals surface area contributed by atoms with E-state index >= 15 is 0 Å². The molecule has 0 aliphatic carbocycles. The van der Waals surface area contributed by atoms with Gasteiger partial charge in [0.25, 0.3) is 0 Å². The molecule has 2 heterocycles. The van der Waals surface area contributed by atoms with Crippen LogP contribution in [0.1, 0.15) is 42.9 Å². The second-order valence-corrected chi connectivity index (χ2v) is 5.97. The van der Waals surface area contributed by atoms with Crippen LogP contribution in [0, 0.1) is 6.92 Å². The minimum atomic E-state index is 0.457. The van der Waals surface area contributed by atoms with Crippen molar-refractivity contribution in [1.82, 2.24) is 15.2 Å². The van der Waals surface area contributed by atoms with Gasteiger partial charge < -0.3 is 5.32 Å². The van der Waals surface area contributed by atoms with E-state index in [9.17, 15) is 0 Å². The molecule has 1 aromatic heterocycles. The molecule has 4 heteroatoms. The lowest BCUT2D eigenvalue weighted by Gasteiger charge is -2.39. The number of likely N-dealkylation sites (N-methyl/N-ethyl adjacent to an activating group) is 1. The highest BCUT2D eigenvalue weighted by Crippen LogP contribution is 2.28. The van der Waals surface area contributed by atoms with E-state index in [1.807, 2.05) is 7.05 Å². The number of thiazole rings is 1. The van der Waals surface area contributed by atoms with Crippen molar-refractivity contribution in [2.24, 2.45) is 0 Å². The Hall–Kier alpha value is -0.450. The van der Waals surface area contributed by atoms with Crippen molar-refractivity contribution >= 4 is 11.3 Å². The third kappa shape index (κ3) is 3.06. The van der Waals surface area contributed by atoms with Gasteiger partial charge in [-0.25, -0.2) is 4.98 Å². The van der Waals surface area contributed by atoms with Gasteiger partial charge in [-0.1, -0.05) is 6.42 Å². The monoisotopic (exact) mass is 253 g/mol. The molecule has 0 aromatic carbocycles. The Morgan fingerprint density at radius 1 is 1.59 bits per heavy atom. The molecule has 3 nitrogen and oxygen atoms in total. The van der Waals surface area contributed by atoms with Crippen LogP contribution in [0.4, 0.5) is 0 Å². The number of nitrogens with one attached hydrogen (secondary N) is 1. The number of rotatable bonds is 4. The highest BCUT2D eigenvalue weighted by Gasteiger charge is 2.27. The smallest absolute Gasteiger partial charge is 0.0898 e. The summed E-state index contributed by atoms with van der Waals surface area (Å²) in [6.45, 7) is 6.68. The van der Waals surface area contributed by atoms with Gasteiger partial charge in [0, 0.05) is 18.0 Å². The maximum atomic E-state index is 4.64. The van der Waals surface area contributed by atoms with Gasteiger partial charge >= 0.3 is 0 Å². The largest absolute Gasteiger partial charge is 0.318 e. The zero-order valence-electron chi connectivity index (χ0n) is 11.1. The first-order chi connectivity index (χ1) is 8.22. The normalized spacial score (nSPS) is 23.8. The lowest BCUT2D eigenvalue weighted by Crippen LogP contribution is -2.46. The molecule has 2 unspecified atom stereocenters. The van der Waals surface area contributed by atoms with Crippen molar-refractivity contribution < 1.29 is 0 Å². The van der Waals surface area contributed by atoms with E-state index in [2.05, 4.69) is 34.4 Å². The maximum absolute atomic E-state index is 4.64. The number of hydrogen-bond acceptors (Lipinski definition) is 4. The van der Waals surface area contributed by atoms with Crippen molar-refractivity contribution in [3.8, 4) is 0 Å². The van der Waals surface area contributed by atoms with Crippen LogP contribution in [0.5, 0.6) is 0 Å². The lowest BCUT2D eigenvalue weighted by molar-refractivity contribution is 0.101. The second kappa shape index (κ2) is 5.94. The summed E-state index contributed by atoms with van der Waals surface area (Å²) >= 11 is 1.76. The molecule has 1 aliphatic rings. The van der Waals surface area contributed by atoms with Crippen LogP contribution < -0.4 is 5.32 Å². The molecule has 1 aliphatic heterocycles. The molecule has 1 saturated heterocycles. The van der Waals surface area contributed by atoms with Gasteiger partial charge in [-0.2, -0.15) is 0 Å². The Bertz CT molecular complexity index is 348. The minimum Gasteiger partial charge on any atom is -0.318 e. The van der Waals surface area contributed by atoms with Gasteiger partial charge in [0.05, 0.1) is 16.7 Å². The average molecular weight is 253 g/mol. The van der Waals surface area contributed by atoms with Gasteiger partial charge in [-0.3, -0.25) is 4.90 Å². The van der Waals surface area contributed by atoms with Gasteiger partial charge in [-0.05, 0) is 40.3 Å². The third-order valence-corrected chi connectivity index (χ3v) is 4.47. The van der Waals surface area contributed by atoms with E-state index in [4.69, 9.17) is 0 Å². The van der Waals surface area contributed by atoms with E-state index < -0.39 is 0 Å². The molecule has 0 amide bonds. The molecule has 2 atom stereocenters. The van der Waals surface area contributed by atoms with E-state index in [0.29, 0.717) is 12.1 Å². The number of likely N-dealkylation sites (tertiary alicyclic amines) is 1. The topological polar surface area (TPSA) is 28.2 Å². The highest BCUT2D eigenvalue weighted by atomic mass is 32.1. The first-order valence-corrected chi connectivity index (χ1v) is 7.42. The molecule has 1 aromatic rings. The van der Waals surface area contributed by atoms with Crippen molar-refractivity contribution in [1.29, 1.82) is 0 Å². The molecule has 2 rings (SSSR count). The van der Waals surface area contributed by atoms with Gasteiger partial charge in [0.1, 0.15) is 0 Å². The fourth-order valence-corrected chi connectivity index (χ4v) is 3.43. The molecule has 17 heavy (non-hydrogen) atoms. The van der Waals surface area contributed by atoms with Crippen LogP contribution in [0.2, 0.25) is 0 Å². The first-order valence-electron chi connectivity index (χ1n) is 6.54. The molecular formula is C13H23N3S. The maximum Gasteiger partial charge on any atom is 0.0898 e. The molecular weight excluding hydrogens is 230 g/mol. The number of piperidine rings is 1. The summed E-state index contributed by atoms with van der Waals surface area (Å²) in [5.74, 6) is 0. The fraction of sp³-hybridized carbons (Fsp3) is 0.769. The third-order valence-electron chi connectivity index (χ3n) is 3.67. The number of nitrogens with zero attached hydrogens (tertiary/aromatic N) is 2. The van der Waals surface area contributed by atoms with Crippen LogP contribution in [0.3, 0.4) is 0 Å². The van der Waals surface area contributed by atoms with Gasteiger partial charge in [0.2, 0.25) is 0 Å². The van der Waals surface area contributed by atoms with Crippen molar-refractivity contribution in [3.63, 3.8) is 0 Å². The Morgan fingerprint density at radius 3 is 3.06 bits per heavy atom. The Morgan fingerprint density at radius 2 is 2.41 bits per heavy atom. The lowest BCUT2D eigenvalue weighted by atomic mass is 9.99. The van der Waals surface area contributed by atoms with Gasteiger partial charge in [0.15, 0.2) is 0 Å². The summed E-state index contributed by atoms with van der Waals surface area (Å²) in [5, 5.41) is 6.71. The summed E-state index contributed by atoms with van der Waals surface area (Å²) in [7, 11) is 2.05. The SMILES string of the molecule is CNCC1CCCCN1C(C)c1csc(C)n1. The minimum absolute atomic E-state index is 0.457. The highest BCUT2D eigenvalue weighted by molar-refractivity contribution is 7.09. The van der Waals surface area contributed by atoms with Gasteiger partial charge in [-0.15, -0.1) is 11.3 Å². The summed E-state index contributed by atoms with van der Waals surface area (Å²) in [4.78, 5) is 7.26. The van der Waals surface area contributed by atoms with Crippen LogP contribution in [-0.2, 0) is 0 Å². The zero-order chi connectivity index (χ0) is 12.3. The molecule has 0 radical (unpaired) electrons. The van der Waals surface area contributed by atoms with Crippen molar-refractivity contribution in [2.75, 3.05) is 20.1 Å². The van der Waals surface area contributed by atoms with Crippen LogP contribution in [0.15, 0.2) is 5.38 Å². The quantitative estimate of drug-likeness (QED) is 0.894. The molecule has 0 saturated carbocycles. The summed E-state index contributed by atoms with van der Waals surface area (Å²) in [5.41, 5.74) is 1.25. The fourth-order valence-electron chi connectivity index (χ4n) is 2.73. The van der Waals surface area contributed by atoms with Crippen molar-refractivity contribution in [3.05, 3.63) is 16.1 Å². The summed E-state index contributed by atoms with van der Waals surface area (Å²) < 4.78 is 0. The molecule has 0 bridgehead atoms. The Kier molecular flexibility index (Phi) is 4.54.